The van der Waals surface area contributed by atoms with Gasteiger partial charge in [0.25, 0.3) is 0 Å². The van der Waals surface area contributed by atoms with E-state index in [2.05, 4.69) is 11.4 Å². The molecule has 0 bridgehead atoms. The fourth-order valence-electron chi connectivity index (χ4n) is 1.44. The second kappa shape index (κ2) is 4.94. The zero-order valence-electron chi connectivity index (χ0n) is 8.97. The van der Waals surface area contributed by atoms with Crippen molar-refractivity contribution >= 4 is 17.3 Å². The van der Waals surface area contributed by atoms with Gasteiger partial charge in [0.05, 0.1) is 12.2 Å². The molecule has 1 aromatic carbocycles. The number of hydrogen-bond acceptors (Lipinski definition) is 3. The van der Waals surface area contributed by atoms with Crippen molar-refractivity contribution in [1.29, 1.82) is 0 Å². The lowest BCUT2D eigenvalue weighted by atomic mass is 10.1. The highest BCUT2D eigenvalue weighted by atomic mass is 32.1. The van der Waals surface area contributed by atoms with Crippen LogP contribution in [0.3, 0.4) is 0 Å². The molecule has 2 aromatic rings. The van der Waals surface area contributed by atoms with Crippen LogP contribution in [0.1, 0.15) is 17.3 Å². The highest BCUT2D eigenvalue weighted by Crippen LogP contribution is 2.22. The number of benzene rings is 1. The molecule has 0 spiro atoms. The van der Waals surface area contributed by atoms with Crippen molar-refractivity contribution in [3.8, 4) is 11.1 Å². The third kappa shape index (κ3) is 2.31. The summed E-state index contributed by atoms with van der Waals surface area (Å²) in [5.41, 5.74) is 2.90. The lowest BCUT2D eigenvalue weighted by Crippen LogP contribution is -2.03. The topological polar surface area (TPSA) is 26.3 Å². The maximum Gasteiger partial charge on any atom is 0.338 e. The molecule has 0 aliphatic carbocycles. The number of hydrogen-bond donors (Lipinski definition) is 0. The Balaban J connectivity index is 2.20. The van der Waals surface area contributed by atoms with Crippen LogP contribution < -0.4 is 0 Å². The van der Waals surface area contributed by atoms with Crippen molar-refractivity contribution in [2.75, 3.05) is 6.61 Å². The SMILES string of the molecule is CCOC(=O)c1ccc(-c2ccsc2)cc1. The minimum Gasteiger partial charge on any atom is -0.462 e. The summed E-state index contributed by atoms with van der Waals surface area (Å²) in [4.78, 5) is 11.4. The van der Waals surface area contributed by atoms with Crippen molar-refractivity contribution in [1.82, 2.24) is 0 Å². The summed E-state index contributed by atoms with van der Waals surface area (Å²) >= 11 is 1.66. The maximum absolute atomic E-state index is 11.4. The van der Waals surface area contributed by atoms with Gasteiger partial charge < -0.3 is 4.74 Å². The Bertz CT molecular complexity index is 457. The maximum atomic E-state index is 11.4. The molecular weight excluding hydrogens is 220 g/mol. The quantitative estimate of drug-likeness (QED) is 0.756. The molecule has 0 amide bonds. The van der Waals surface area contributed by atoms with Gasteiger partial charge in [0.1, 0.15) is 0 Å². The van der Waals surface area contributed by atoms with Crippen LogP contribution in [0.4, 0.5) is 0 Å². The fourth-order valence-corrected chi connectivity index (χ4v) is 2.11. The second-order valence-corrected chi connectivity index (χ2v) is 4.09. The Kier molecular flexibility index (Phi) is 3.37. The van der Waals surface area contributed by atoms with E-state index in [0.717, 1.165) is 5.56 Å². The number of rotatable bonds is 3. The standard InChI is InChI=1S/C13H12O2S/c1-2-15-13(14)11-5-3-10(4-6-11)12-7-8-16-9-12/h3-9H,2H2,1H3. The van der Waals surface area contributed by atoms with Gasteiger partial charge >= 0.3 is 5.97 Å². The first-order valence-electron chi connectivity index (χ1n) is 5.11. The molecular formula is C13H12O2S. The van der Waals surface area contributed by atoms with Gasteiger partial charge in [-0.05, 0) is 47.0 Å². The number of ether oxygens (including phenoxy) is 1. The lowest BCUT2D eigenvalue weighted by molar-refractivity contribution is 0.0526. The number of carbonyl (C=O) groups excluding carboxylic acids is 1. The van der Waals surface area contributed by atoms with E-state index in [0.29, 0.717) is 12.2 Å². The Morgan fingerprint density at radius 1 is 1.19 bits per heavy atom. The summed E-state index contributed by atoms with van der Waals surface area (Å²) < 4.78 is 4.92. The fraction of sp³-hybridized carbons (Fsp3) is 0.154. The van der Waals surface area contributed by atoms with Crippen molar-refractivity contribution in [2.24, 2.45) is 0 Å². The minimum atomic E-state index is -0.264. The number of esters is 1. The van der Waals surface area contributed by atoms with Crippen molar-refractivity contribution < 1.29 is 9.53 Å². The van der Waals surface area contributed by atoms with E-state index in [1.807, 2.05) is 17.5 Å². The Morgan fingerprint density at radius 2 is 1.94 bits per heavy atom. The van der Waals surface area contributed by atoms with Gasteiger partial charge in [0.2, 0.25) is 0 Å². The van der Waals surface area contributed by atoms with E-state index in [9.17, 15) is 4.79 Å². The highest BCUT2D eigenvalue weighted by molar-refractivity contribution is 7.08. The summed E-state index contributed by atoms with van der Waals surface area (Å²) in [7, 11) is 0. The molecule has 0 saturated heterocycles. The van der Waals surface area contributed by atoms with Gasteiger partial charge in [0, 0.05) is 0 Å². The van der Waals surface area contributed by atoms with Gasteiger partial charge in [-0.3, -0.25) is 0 Å². The van der Waals surface area contributed by atoms with Crippen LogP contribution in [0.5, 0.6) is 0 Å². The summed E-state index contributed by atoms with van der Waals surface area (Å²) in [5.74, 6) is -0.264. The van der Waals surface area contributed by atoms with Crippen LogP contribution in [-0.4, -0.2) is 12.6 Å². The molecule has 2 nitrogen and oxygen atoms in total. The molecule has 0 aliphatic heterocycles. The van der Waals surface area contributed by atoms with Crippen LogP contribution >= 0.6 is 11.3 Å². The van der Waals surface area contributed by atoms with E-state index in [4.69, 9.17) is 4.74 Å². The van der Waals surface area contributed by atoms with E-state index >= 15 is 0 Å². The van der Waals surface area contributed by atoms with Gasteiger partial charge in [-0.1, -0.05) is 12.1 Å². The Hall–Kier alpha value is -1.61. The third-order valence-electron chi connectivity index (χ3n) is 2.25. The second-order valence-electron chi connectivity index (χ2n) is 3.31. The zero-order valence-corrected chi connectivity index (χ0v) is 9.79. The normalized spacial score (nSPS) is 10.1. The van der Waals surface area contributed by atoms with Crippen LogP contribution in [0.2, 0.25) is 0 Å². The van der Waals surface area contributed by atoms with Crippen molar-refractivity contribution in [3.05, 3.63) is 46.7 Å². The largest absolute Gasteiger partial charge is 0.462 e. The lowest BCUT2D eigenvalue weighted by Gasteiger charge is -2.02. The van der Waals surface area contributed by atoms with E-state index in [-0.39, 0.29) is 5.97 Å². The van der Waals surface area contributed by atoms with Crippen LogP contribution in [0.15, 0.2) is 41.1 Å². The molecule has 16 heavy (non-hydrogen) atoms. The monoisotopic (exact) mass is 232 g/mol. The average Bonchev–Trinajstić information content (AvgIpc) is 2.83. The summed E-state index contributed by atoms with van der Waals surface area (Å²) in [6, 6.07) is 9.53. The van der Waals surface area contributed by atoms with E-state index in [1.165, 1.54) is 5.56 Å². The molecule has 0 unspecified atom stereocenters. The minimum absolute atomic E-state index is 0.264. The van der Waals surface area contributed by atoms with Crippen molar-refractivity contribution in [2.45, 2.75) is 6.92 Å². The third-order valence-corrected chi connectivity index (χ3v) is 2.93. The van der Waals surface area contributed by atoms with Crippen LogP contribution in [0, 0.1) is 0 Å². The Labute approximate surface area is 98.5 Å². The van der Waals surface area contributed by atoms with Gasteiger partial charge in [0.15, 0.2) is 0 Å². The molecule has 0 fully saturated rings. The molecule has 2 rings (SSSR count). The van der Waals surface area contributed by atoms with Gasteiger partial charge in [-0.2, -0.15) is 11.3 Å². The molecule has 0 atom stereocenters. The first kappa shape index (κ1) is 10.9. The summed E-state index contributed by atoms with van der Waals surface area (Å²) in [5, 5.41) is 4.12. The molecule has 3 heteroatoms. The molecule has 82 valence electrons. The Morgan fingerprint density at radius 3 is 2.50 bits per heavy atom. The molecule has 0 aliphatic rings. The molecule has 1 heterocycles. The molecule has 0 N–H and O–H groups in total. The molecule has 0 radical (unpaired) electrons. The van der Waals surface area contributed by atoms with Gasteiger partial charge in [-0.25, -0.2) is 4.79 Å². The van der Waals surface area contributed by atoms with E-state index < -0.39 is 0 Å². The highest BCUT2D eigenvalue weighted by Gasteiger charge is 2.06. The van der Waals surface area contributed by atoms with Crippen LogP contribution in [-0.2, 0) is 4.74 Å². The average molecular weight is 232 g/mol. The number of carbonyl (C=O) groups is 1. The summed E-state index contributed by atoms with van der Waals surface area (Å²) in [6.45, 7) is 2.21. The molecule has 1 aromatic heterocycles. The summed E-state index contributed by atoms with van der Waals surface area (Å²) in [6.07, 6.45) is 0. The molecule has 0 saturated carbocycles. The number of thiophene rings is 1. The zero-order chi connectivity index (χ0) is 11.4. The van der Waals surface area contributed by atoms with Gasteiger partial charge in [-0.15, -0.1) is 0 Å². The predicted octanol–water partition coefficient (Wildman–Crippen LogP) is 3.59. The first-order chi connectivity index (χ1) is 7.81. The van der Waals surface area contributed by atoms with Crippen molar-refractivity contribution in [3.63, 3.8) is 0 Å². The first-order valence-corrected chi connectivity index (χ1v) is 6.05. The predicted molar refractivity (Wildman–Crippen MR) is 65.7 cm³/mol. The van der Waals surface area contributed by atoms with E-state index in [1.54, 1.807) is 30.4 Å². The smallest absolute Gasteiger partial charge is 0.338 e. The van der Waals surface area contributed by atoms with Crippen LogP contribution in [0.25, 0.3) is 11.1 Å².